The molecular weight excluding hydrogens is 392 g/mol. The van der Waals surface area contributed by atoms with Gasteiger partial charge >= 0.3 is 0 Å². The van der Waals surface area contributed by atoms with Gasteiger partial charge in [0.15, 0.2) is 0 Å². The molecule has 2 heterocycles. The molecule has 2 aromatic heterocycles. The number of hydrazone groups is 1. The molecule has 146 valence electrons. The average molecular weight is 407 g/mol. The van der Waals surface area contributed by atoms with Gasteiger partial charge in [-0.3, -0.25) is 4.79 Å². The van der Waals surface area contributed by atoms with Crippen LogP contribution in [0.3, 0.4) is 0 Å². The second-order valence-corrected chi connectivity index (χ2v) is 6.37. The maximum absolute atomic E-state index is 13.5. The summed E-state index contributed by atoms with van der Waals surface area (Å²) in [6, 6.07) is 6.83. The van der Waals surface area contributed by atoms with Crippen LogP contribution >= 0.6 is 11.8 Å². The van der Waals surface area contributed by atoms with E-state index in [9.17, 15) is 13.6 Å². The number of thioether (sulfide) groups is 1. The van der Waals surface area contributed by atoms with Gasteiger partial charge in [-0.05, 0) is 31.2 Å². The van der Waals surface area contributed by atoms with Crippen LogP contribution in [0.4, 0.5) is 20.4 Å². The van der Waals surface area contributed by atoms with Crippen LogP contribution in [0.25, 0.3) is 0 Å². The molecule has 0 radical (unpaired) electrons. The molecule has 0 saturated heterocycles. The Morgan fingerprint density at radius 2 is 2.07 bits per heavy atom. The van der Waals surface area contributed by atoms with Gasteiger partial charge in [-0.15, -0.1) is 10.2 Å². The first-order chi connectivity index (χ1) is 13.4. The summed E-state index contributed by atoms with van der Waals surface area (Å²) < 4.78 is 33.5. The van der Waals surface area contributed by atoms with Crippen molar-refractivity contribution in [1.29, 1.82) is 0 Å². The zero-order chi connectivity index (χ0) is 20.1. The van der Waals surface area contributed by atoms with Gasteiger partial charge < -0.3 is 15.6 Å². The van der Waals surface area contributed by atoms with Gasteiger partial charge in [0.05, 0.1) is 12.0 Å². The van der Waals surface area contributed by atoms with Crippen molar-refractivity contribution in [3.05, 3.63) is 53.5 Å². The summed E-state index contributed by atoms with van der Waals surface area (Å²) in [5.41, 5.74) is 2.09. The summed E-state index contributed by atoms with van der Waals surface area (Å²) in [4.78, 5) is 11.9. The van der Waals surface area contributed by atoms with E-state index in [1.54, 1.807) is 12.1 Å². The fraction of sp³-hybridized carbons (Fsp3) is 0.125. The standard InChI is InChI=1S/C16H15F2N7O2S/c1-9-5-6-10(27-9)7-20-22-15-23-24-16(25(15)19)28-8-13(26)21-14-11(17)3-2-4-12(14)18/h2-7H,8,19H2,1H3,(H,21,26)(H,22,23)/b20-7+. The number of furan rings is 1. The van der Waals surface area contributed by atoms with Gasteiger partial charge in [-0.25, -0.2) is 18.9 Å². The van der Waals surface area contributed by atoms with Crippen molar-refractivity contribution in [3.8, 4) is 0 Å². The Balaban J connectivity index is 1.55. The van der Waals surface area contributed by atoms with Crippen LogP contribution < -0.4 is 16.6 Å². The molecule has 0 bridgehead atoms. The lowest BCUT2D eigenvalue weighted by molar-refractivity contribution is -0.113. The van der Waals surface area contributed by atoms with E-state index in [4.69, 9.17) is 10.3 Å². The number of amides is 1. The van der Waals surface area contributed by atoms with Crippen molar-refractivity contribution in [2.75, 3.05) is 22.3 Å². The number of aromatic nitrogens is 3. The molecule has 0 fully saturated rings. The van der Waals surface area contributed by atoms with Crippen LogP contribution in [0.2, 0.25) is 0 Å². The monoisotopic (exact) mass is 407 g/mol. The minimum atomic E-state index is -0.864. The van der Waals surface area contributed by atoms with Crippen molar-refractivity contribution in [1.82, 2.24) is 14.9 Å². The largest absolute Gasteiger partial charge is 0.460 e. The molecule has 0 unspecified atom stereocenters. The van der Waals surface area contributed by atoms with E-state index in [2.05, 4.69) is 26.0 Å². The normalized spacial score (nSPS) is 11.1. The summed E-state index contributed by atoms with van der Waals surface area (Å²) in [6.45, 7) is 1.81. The molecule has 0 spiro atoms. The smallest absolute Gasteiger partial charge is 0.264 e. The van der Waals surface area contributed by atoms with Crippen LogP contribution in [0.5, 0.6) is 0 Å². The molecule has 3 aromatic rings. The highest BCUT2D eigenvalue weighted by Crippen LogP contribution is 2.20. The number of nitrogen functional groups attached to an aromatic ring is 1. The molecule has 4 N–H and O–H groups in total. The molecule has 0 atom stereocenters. The number of nitrogens with two attached hydrogens (primary N) is 1. The Morgan fingerprint density at radius 3 is 2.75 bits per heavy atom. The summed E-state index contributed by atoms with van der Waals surface area (Å²) in [5, 5.41) is 13.9. The van der Waals surface area contributed by atoms with E-state index >= 15 is 0 Å². The third-order valence-electron chi connectivity index (χ3n) is 3.34. The van der Waals surface area contributed by atoms with Crippen molar-refractivity contribution < 1.29 is 18.0 Å². The summed E-state index contributed by atoms with van der Waals surface area (Å²) >= 11 is 0.937. The number of halogens is 2. The van der Waals surface area contributed by atoms with Gasteiger partial charge in [0.25, 0.3) is 5.95 Å². The van der Waals surface area contributed by atoms with Crippen molar-refractivity contribution in [2.24, 2.45) is 5.10 Å². The van der Waals surface area contributed by atoms with E-state index < -0.39 is 23.2 Å². The van der Waals surface area contributed by atoms with Crippen molar-refractivity contribution >= 4 is 35.5 Å². The second kappa shape index (κ2) is 8.52. The highest BCUT2D eigenvalue weighted by Gasteiger charge is 2.15. The van der Waals surface area contributed by atoms with E-state index in [0.29, 0.717) is 5.76 Å². The van der Waals surface area contributed by atoms with Crippen LogP contribution in [0, 0.1) is 18.6 Å². The lowest BCUT2D eigenvalue weighted by Crippen LogP contribution is -2.18. The number of anilines is 2. The highest BCUT2D eigenvalue weighted by molar-refractivity contribution is 7.99. The maximum Gasteiger partial charge on any atom is 0.264 e. The fourth-order valence-corrected chi connectivity index (χ4v) is 2.71. The SMILES string of the molecule is Cc1ccc(/C=N/Nc2nnc(SCC(=O)Nc3c(F)cccc3F)n2N)o1. The molecule has 0 aliphatic rings. The Morgan fingerprint density at radius 1 is 1.32 bits per heavy atom. The van der Waals surface area contributed by atoms with Gasteiger partial charge in [-0.2, -0.15) is 5.10 Å². The number of rotatable bonds is 7. The van der Waals surface area contributed by atoms with Crippen LogP contribution in [-0.2, 0) is 4.79 Å². The molecule has 1 amide bonds. The number of para-hydroxylation sites is 1. The summed E-state index contributed by atoms with van der Waals surface area (Å²) in [7, 11) is 0. The topological polar surface area (TPSA) is 123 Å². The first-order valence-electron chi connectivity index (χ1n) is 7.86. The lowest BCUT2D eigenvalue weighted by Gasteiger charge is -2.07. The van der Waals surface area contributed by atoms with E-state index in [-0.39, 0.29) is 16.9 Å². The van der Waals surface area contributed by atoms with Gasteiger partial charge in [0, 0.05) is 0 Å². The Kier molecular flexibility index (Phi) is 5.89. The zero-order valence-electron chi connectivity index (χ0n) is 14.5. The fourth-order valence-electron chi connectivity index (χ4n) is 2.05. The molecule has 28 heavy (non-hydrogen) atoms. The number of aryl methyl sites for hydroxylation is 1. The summed E-state index contributed by atoms with van der Waals surface area (Å²) in [6.07, 6.45) is 1.44. The number of benzene rings is 1. The molecule has 0 saturated carbocycles. The molecule has 9 nitrogen and oxygen atoms in total. The lowest BCUT2D eigenvalue weighted by atomic mass is 10.3. The Bertz CT molecular complexity index is 998. The third kappa shape index (κ3) is 4.65. The average Bonchev–Trinajstić information content (AvgIpc) is 3.23. The number of nitrogens with one attached hydrogen (secondary N) is 2. The second-order valence-electron chi connectivity index (χ2n) is 5.43. The quantitative estimate of drug-likeness (QED) is 0.238. The van der Waals surface area contributed by atoms with Gasteiger partial charge in [0.1, 0.15) is 28.8 Å². The number of hydrogen-bond acceptors (Lipinski definition) is 8. The van der Waals surface area contributed by atoms with E-state index in [1.807, 2.05) is 6.92 Å². The van der Waals surface area contributed by atoms with Crippen LogP contribution in [0.1, 0.15) is 11.5 Å². The van der Waals surface area contributed by atoms with Crippen LogP contribution in [0.15, 0.2) is 45.0 Å². The molecule has 12 heteroatoms. The minimum absolute atomic E-state index is 0.127. The first kappa shape index (κ1) is 19.4. The summed E-state index contributed by atoms with van der Waals surface area (Å²) in [5.74, 6) is 4.71. The molecular formula is C16H15F2N7O2S. The Labute approximate surface area is 162 Å². The minimum Gasteiger partial charge on any atom is -0.460 e. The molecule has 0 aliphatic carbocycles. The molecule has 0 aliphatic heterocycles. The highest BCUT2D eigenvalue weighted by atomic mass is 32.2. The predicted octanol–water partition coefficient (Wildman–Crippen LogP) is 2.35. The zero-order valence-corrected chi connectivity index (χ0v) is 15.3. The maximum atomic E-state index is 13.5. The predicted molar refractivity (Wildman–Crippen MR) is 101 cm³/mol. The molecule has 3 rings (SSSR count). The van der Waals surface area contributed by atoms with Gasteiger partial charge in [0.2, 0.25) is 11.1 Å². The third-order valence-corrected chi connectivity index (χ3v) is 4.28. The van der Waals surface area contributed by atoms with Crippen molar-refractivity contribution in [2.45, 2.75) is 12.1 Å². The van der Waals surface area contributed by atoms with Crippen LogP contribution in [-0.4, -0.2) is 32.7 Å². The number of hydrogen-bond donors (Lipinski definition) is 3. The van der Waals surface area contributed by atoms with Gasteiger partial charge in [-0.1, -0.05) is 17.8 Å². The number of carbonyl (C=O) groups excluding carboxylic acids is 1. The van der Waals surface area contributed by atoms with Crippen molar-refractivity contribution in [3.63, 3.8) is 0 Å². The van der Waals surface area contributed by atoms with E-state index in [0.717, 1.165) is 34.3 Å². The number of nitrogens with zero attached hydrogens (tertiary/aromatic N) is 4. The Hall–Kier alpha value is -3.41. The number of carbonyl (C=O) groups is 1. The first-order valence-corrected chi connectivity index (χ1v) is 8.85. The van der Waals surface area contributed by atoms with E-state index in [1.165, 1.54) is 12.3 Å². The molecule has 1 aromatic carbocycles.